The first kappa shape index (κ1) is 28.7. The summed E-state index contributed by atoms with van der Waals surface area (Å²) in [6.07, 6.45) is 4.73. The number of hydrogen-bond donors (Lipinski definition) is 1. The molecule has 0 radical (unpaired) electrons. The van der Waals surface area contributed by atoms with Gasteiger partial charge in [-0.2, -0.15) is 4.80 Å². The van der Waals surface area contributed by atoms with Gasteiger partial charge in [0.1, 0.15) is 30.7 Å². The Hall–Kier alpha value is -4.35. The Morgan fingerprint density at radius 2 is 1.77 bits per heavy atom. The van der Waals surface area contributed by atoms with E-state index < -0.39 is 42.7 Å². The zero-order valence-corrected chi connectivity index (χ0v) is 22.6. The maximum atomic E-state index is 13.8. The van der Waals surface area contributed by atoms with Gasteiger partial charge in [-0.3, -0.25) is 14.4 Å². The van der Waals surface area contributed by atoms with Crippen molar-refractivity contribution in [3.05, 3.63) is 59.9 Å². The number of ether oxygens (including phenoxy) is 2. The van der Waals surface area contributed by atoms with Crippen molar-refractivity contribution in [3.63, 3.8) is 0 Å². The van der Waals surface area contributed by atoms with Crippen LogP contribution in [0.2, 0.25) is 0 Å². The lowest BCUT2D eigenvalue weighted by Gasteiger charge is -2.32. The second kappa shape index (κ2) is 13.6. The van der Waals surface area contributed by atoms with E-state index in [0.29, 0.717) is 16.9 Å². The zero-order chi connectivity index (χ0) is 28.5. The van der Waals surface area contributed by atoms with Crippen LogP contribution in [0.3, 0.4) is 0 Å². The van der Waals surface area contributed by atoms with Gasteiger partial charge in [0.2, 0.25) is 17.6 Å². The molecule has 0 saturated heterocycles. The second-order valence-corrected chi connectivity index (χ2v) is 9.50. The van der Waals surface area contributed by atoms with Crippen LogP contribution in [0, 0.1) is 5.82 Å². The molecule has 1 fully saturated rings. The van der Waals surface area contributed by atoms with Crippen molar-refractivity contribution in [2.75, 3.05) is 20.3 Å². The summed E-state index contributed by atoms with van der Waals surface area (Å²) < 4.78 is 24.0. The standard InChI is InChI=1S/C28H33FN6O5/c1-3-40-25(37)18-34(24(36)17-35-32-27(31-33-35)20-11-15-23(39-2)16-12-20)26(19-9-13-21(29)14-10-19)28(38)30-22-7-5-4-6-8-22/h9-16,22,26H,3-8,17-18H2,1-2H3,(H,30,38)/t26-/m0/s1. The highest BCUT2D eigenvalue weighted by atomic mass is 19.1. The fourth-order valence-corrected chi connectivity index (χ4v) is 4.69. The summed E-state index contributed by atoms with van der Waals surface area (Å²) in [5.41, 5.74) is 1.02. The summed E-state index contributed by atoms with van der Waals surface area (Å²) in [4.78, 5) is 42.2. The number of aromatic nitrogens is 4. The first-order valence-electron chi connectivity index (χ1n) is 13.3. The molecule has 0 bridgehead atoms. The fraction of sp³-hybridized carbons (Fsp3) is 0.429. The van der Waals surface area contributed by atoms with Gasteiger partial charge >= 0.3 is 5.97 Å². The molecule has 1 N–H and O–H groups in total. The molecule has 1 aromatic heterocycles. The number of tetrazole rings is 1. The molecule has 2 aromatic carbocycles. The summed E-state index contributed by atoms with van der Waals surface area (Å²) in [5, 5.41) is 15.3. The molecular formula is C28H33FN6O5. The molecule has 1 atom stereocenters. The smallest absolute Gasteiger partial charge is 0.325 e. The lowest BCUT2D eigenvalue weighted by atomic mass is 9.94. The van der Waals surface area contributed by atoms with E-state index in [0.717, 1.165) is 41.8 Å². The predicted molar refractivity (Wildman–Crippen MR) is 142 cm³/mol. The van der Waals surface area contributed by atoms with Crippen LogP contribution in [0.5, 0.6) is 5.75 Å². The largest absolute Gasteiger partial charge is 0.497 e. The number of methoxy groups -OCH3 is 1. The average Bonchev–Trinajstić information content (AvgIpc) is 3.42. The molecule has 2 amide bonds. The van der Waals surface area contributed by atoms with Crippen molar-refractivity contribution in [1.82, 2.24) is 30.4 Å². The van der Waals surface area contributed by atoms with Crippen molar-refractivity contribution in [1.29, 1.82) is 0 Å². The Bertz CT molecular complexity index is 1290. The van der Waals surface area contributed by atoms with E-state index in [1.165, 1.54) is 24.3 Å². The number of nitrogens with one attached hydrogen (secondary N) is 1. The van der Waals surface area contributed by atoms with Crippen LogP contribution < -0.4 is 10.1 Å². The number of esters is 1. The van der Waals surface area contributed by atoms with Crippen molar-refractivity contribution in [2.45, 2.75) is 57.7 Å². The van der Waals surface area contributed by atoms with E-state index in [-0.39, 0.29) is 18.5 Å². The third-order valence-corrected chi connectivity index (χ3v) is 6.70. The van der Waals surface area contributed by atoms with Gasteiger partial charge in [0.25, 0.3) is 0 Å². The first-order valence-corrected chi connectivity index (χ1v) is 13.3. The zero-order valence-electron chi connectivity index (χ0n) is 22.6. The predicted octanol–water partition coefficient (Wildman–Crippen LogP) is 3.07. The Balaban J connectivity index is 1.61. The van der Waals surface area contributed by atoms with Gasteiger partial charge in [-0.25, -0.2) is 4.39 Å². The molecule has 212 valence electrons. The number of hydrogen-bond acceptors (Lipinski definition) is 8. The molecule has 3 aromatic rings. The summed E-state index contributed by atoms with van der Waals surface area (Å²) >= 11 is 0. The number of halogens is 1. The molecule has 0 spiro atoms. The molecule has 4 rings (SSSR count). The fourth-order valence-electron chi connectivity index (χ4n) is 4.69. The molecule has 40 heavy (non-hydrogen) atoms. The van der Waals surface area contributed by atoms with E-state index >= 15 is 0 Å². The van der Waals surface area contributed by atoms with E-state index in [2.05, 4.69) is 20.7 Å². The van der Waals surface area contributed by atoms with Gasteiger partial charge in [0.05, 0.1) is 13.7 Å². The third-order valence-electron chi connectivity index (χ3n) is 6.70. The van der Waals surface area contributed by atoms with Crippen LogP contribution in [0.1, 0.15) is 50.6 Å². The van der Waals surface area contributed by atoms with Crippen molar-refractivity contribution >= 4 is 17.8 Å². The maximum absolute atomic E-state index is 13.8. The molecule has 0 unspecified atom stereocenters. The minimum Gasteiger partial charge on any atom is -0.497 e. The highest BCUT2D eigenvalue weighted by molar-refractivity contribution is 5.91. The quantitative estimate of drug-likeness (QED) is 0.360. The number of amides is 2. The number of carbonyl (C=O) groups is 3. The minimum atomic E-state index is -1.20. The van der Waals surface area contributed by atoms with E-state index in [1.807, 2.05) is 0 Å². The Kier molecular flexibility index (Phi) is 9.76. The van der Waals surface area contributed by atoms with Crippen LogP contribution in [0.25, 0.3) is 11.4 Å². The monoisotopic (exact) mass is 552 g/mol. The van der Waals surface area contributed by atoms with E-state index in [1.54, 1.807) is 38.3 Å². The Labute approximate surface area is 231 Å². The van der Waals surface area contributed by atoms with Crippen LogP contribution >= 0.6 is 0 Å². The highest BCUT2D eigenvalue weighted by Gasteiger charge is 2.35. The van der Waals surface area contributed by atoms with Crippen LogP contribution in [0.4, 0.5) is 4.39 Å². The second-order valence-electron chi connectivity index (χ2n) is 9.50. The van der Waals surface area contributed by atoms with Crippen LogP contribution in [-0.2, 0) is 25.7 Å². The lowest BCUT2D eigenvalue weighted by molar-refractivity contribution is -0.153. The SMILES string of the molecule is CCOC(=O)CN(C(=O)Cn1nnc(-c2ccc(OC)cc2)n1)[C@H](C(=O)NC1CCCCC1)c1ccc(F)cc1. The summed E-state index contributed by atoms with van der Waals surface area (Å²) in [5.74, 6) is -1.28. The molecule has 0 aliphatic heterocycles. The van der Waals surface area contributed by atoms with Crippen LogP contribution in [0.15, 0.2) is 48.5 Å². The van der Waals surface area contributed by atoms with Gasteiger partial charge in [0.15, 0.2) is 0 Å². The van der Waals surface area contributed by atoms with E-state index in [9.17, 15) is 18.8 Å². The highest BCUT2D eigenvalue weighted by Crippen LogP contribution is 2.25. The van der Waals surface area contributed by atoms with E-state index in [4.69, 9.17) is 9.47 Å². The third kappa shape index (κ3) is 7.39. The molecule has 1 saturated carbocycles. The van der Waals surface area contributed by atoms with Gasteiger partial charge in [0, 0.05) is 11.6 Å². The van der Waals surface area contributed by atoms with Crippen molar-refractivity contribution in [3.8, 4) is 17.1 Å². The topological polar surface area (TPSA) is 129 Å². The molecular weight excluding hydrogens is 519 g/mol. The van der Waals surface area contributed by atoms with Gasteiger partial charge < -0.3 is 19.7 Å². The summed E-state index contributed by atoms with van der Waals surface area (Å²) in [7, 11) is 1.56. The minimum absolute atomic E-state index is 0.0484. The van der Waals surface area contributed by atoms with Crippen molar-refractivity contribution < 1.29 is 28.2 Å². The van der Waals surface area contributed by atoms with Gasteiger partial charge in [-0.15, -0.1) is 10.2 Å². The van der Waals surface area contributed by atoms with Gasteiger partial charge in [-0.05, 0) is 66.9 Å². The Morgan fingerprint density at radius 3 is 2.42 bits per heavy atom. The average molecular weight is 553 g/mol. The maximum Gasteiger partial charge on any atom is 0.325 e. The number of nitrogens with zero attached hydrogens (tertiary/aromatic N) is 5. The number of rotatable bonds is 11. The van der Waals surface area contributed by atoms with Crippen molar-refractivity contribution in [2.24, 2.45) is 0 Å². The number of carbonyl (C=O) groups excluding carboxylic acids is 3. The Morgan fingerprint density at radius 1 is 1.07 bits per heavy atom. The first-order chi connectivity index (χ1) is 19.4. The normalized spacial score (nSPS) is 14.3. The molecule has 11 nitrogen and oxygen atoms in total. The van der Waals surface area contributed by atoms with Gasteiger partial charge in [-0.1, -0.05) is 31.4 Å². The molecule has 1 heterocycles. The molecule has 1 aliphatic rings. The summed E-state index contributed by atoms with van der Waals surface area (Å²) in [6.45, 7) is 0.868. The number of benzene rings is 2. The molecule has 12 heteroatoms. The lowest BCUT2D eigenvalue weighted by Crippen LogP contribution is -2.49. The van der Waals surface area contributed by atoms with Crippen LogP contribution in [-0.4, -0.2) is 69.2 Å². The molecule has 1 aliphatic carbocycles. The summed E-state index contributed by atoms with van der Waals surface area (Å²) in [6, 6.07) is 11.1.